The lowest BCUT2D eigenvalue weighted by Crippen LogP contribution is -2.63. The van der Waals surface area contributed by atoms with Crippen LogP contribution in [-0.4, -0.2) is 63.8 Å². The van der Waals surface area contributed by atoms with Crippen molar-refractivity contribution in [2.45, 2.75) is 25.7 Å². The summed E-state index contributed by atoms with van der Waals surface area (Å²) in [4.78, 5) is 37.0. The molecule has 3 heterocycles. The predicted octanol–water partition coefficient (Wildman–Crippen LogP) is 2.70. The number of hydrogen-bond donors (Lipinski definition) is 0. The molecule has 7 nitrogen and oxygen atoms in total. The Morgan fingerprint density at radius 1 is 1.00 bits per heavy atom. The van der Waals surface area contributed by atoms with Gasteiger partial charge in [-0.3, -0.25) is 9.69 Å². The number of urea groups is 1. The number of imide groups is 1. The number of benzene rings is 2. The number of nitrogens with zero attached hydrogens (tertiary/aromatic N) is 5. The summed E-state index contributed by atoms with van der Waals surface area (Å²) in [7, 11) is 3.22. The topological polar surface area (TPSA) is 59.5 Å². The number of aliphatic imine (C=N–C) groups is 1. The molecular weight excluding hydrogens is 378 g/mol. The van der Waals surface area contributed by atoms with Crippen LogP contribution in [0, 0.1) is 6.92 Å². The highest BCUT2D eigenvalue weighted by atomic mass is 16.2. The number of likely N-dealkylation sites (N-methyl/N-ethyl adjacent to an activating group) is 2. The molecule has 3 aliphatic heterocycles. The van der Waals surface area contributed by atoms with E-state index in [0.717, 1.165) is 16.8 Å². The number of aryl methyl sites for hydroxylation is 1. The molecule has 30 heavy (non-hydrogen) atoms. The second-order valence-corrected chi connectivity index (χ2v) is 7.94. The molecule has 0 N–H and O–H groups in total. The molecule has 152 valence electrons. The van der Waals surface area contributed by atoms with Crippen LogP contribution in [0.4, 0.5) is 4.79 Å². The van der Waals surface area contributed by atoms with E-state index >= 15 is 0 Å². The largest absolute Gasteiger partial charge is 0.328 e. The molecule has 1 fully saturated rings. The van der Waals surface area contributed by atoms with Gasteiger partial charge in [0.1, 0.15) is 0 Å². The third kappa shape index (κ3) is 2.69. The van der Waals surface area contributed by atoms with Crippen molar-refractivity contribution in [3.05, 3.63) is 77.5 Å². The maximum atomic E-state index is 13.0. The summed E-state index contributed by atoms with van der Waals surface area (Å²) in [6.45, 7) is 2.70. The van der Waals surface area contributed by atoms with Crippen molar-refractivity contribution < 1.29 is 9.59 Å². The number of hydrogen-bond acceptors (Lipinski definition) is 5. The summed E-state index contributed by atoms with van der Waals surface area (Å²) in [5, 5.41) is 0. The van der Waals surface area contributed by atoms with Gasteiger partial charge in [0.05, 0.1) is 12.2 Å². The summed E-state index contributed by atoms with van der Waals surface area (Å²) in [6, 6.07) is 17.6. The van der Waals surface area contributed by atoms with E-state index in [1.807, 2.05) is 35.4 Å². The monoisotopic (exact) mass is 401 g/mol. The number of rotatable bonds is 3. The van der Waals surface area contributed by atoms with E-state index in [2.05, 4.69) is 42.2 Å². The Bertz CT molecular complexity index is 1090. The van der Waals surface area contributed by atoms with E-state index in [-0.39, 0.29) is 11.9 Å². The maximum Gasteiger partial charge on any atom is 0.328 e. The van der Waals surface area contributed by atoms with Gasteiger partial charge in [-0.05, 0) is 18.1 Å². The van der Waals surface area contributed by atoms with Gasteiger partial charge in [0, 0.05) is 20.3 Å². The van der Waals surface area contributed by atoms with Gasteiger partial charge in [-0.2, -0.15) is 0 Å². The lowest BCUT2D eigenvalue weighted by atomic mass is 10.1. The molecule has 0 spiro atoms. The Labute approximate surface area is 175 Å². The highest BCUT2D eigenvalue weighted by Gasteiger charge is 2.53. The minimum atomic E-state index is -0.547. The van der Waals surface area contributed by atoms with Gasteiger partial charge >= 0.3 is 6.03 Å². The standard InChI is InChI=1S/C23H23N5O2/c1-15-8-7-9-16(12-15)13-27-18(17-10-5-4-6-11-17)14-28-19-20(24-22(27)28)25(2)23(30)26(3)21(19)29/h4-12,14,19-20H,13H2,1-3H3. The van der Waals surface area contributed by atoms with E-state index in [1.165, 1.54) is 22.4 Å². The molecule has 2 atom stereocenters. The average molecular weight is 401 g/mol. The quantitative estimate of drug-likeness (QED) is 0.794. The molecule has 2 unspecified atom stereocenters. The van der Waals surface area contributed by atoms with Crippen LogP contribution < -0.4 is 0 Å². The Morgan fingerprint density at radius 3 is 2.50 bits per heavy atom. The van der Waals surface area contributed by atoms with Gasteiger partial charge in [0.25, 0.3) is 5.91 Å². The lowest BCUT2D eigenvalue weighted by molar-refractivity contribution is -0.135. The van der Waals surface area contributed by atoms with Crippen molar-refractivity contribution in [3.63, 3.8) is 0 Å². The molecule has 0 bridgehead atoms. The molecule has 2 aromatic rings. The first kappa shape index (κ1) is 18.4. The maximum absolute atomic E-state index is 13.0. The normalized spacial score (nSPS) is 22.9. The van der Waals surface area contributed by atoms with E-state index in [4.69, 9.17) is 4.99 Å². The smallest absolute Gasteiger partial charge is 0.306 e. The minimum Gasteiger partial charge on any atom is -0.306 e. The fourth-order valence-electron chi connectivity index (χ4n) is 4.36. The van der Waals surface area contributed by atoms with Gasteiger partial charge in [-0.15, -0.1) is 0 Å². The molecule has 3 aliphatic rings. The number of amides is 3. The van der Waals surface area contributed by atoms with Crippen LogP contribution in [0.25, 0.3) is 5.70 Å². The second-order valence-electron chi connectivity index (χ2n) is 7.94. The summed E-state index contributed by atoms with van der Waals surface area (Å²) in [5.41, 5.74) is 4.39. The van der Waals surface area contributed by atoms with E-state index in [9.17, 15) is 9.59 Å². The van der Waals surface area contributed by atoms with E-state index in [0.29, 0.717) is 12.5 Å². The highest BCUT2D eigenvalue weighted by Crippen LogP contribution is 2.37. The number of carbonyl (C=O) groups excluding carboxylic acids is 2. The first-order chi connectivity index (χ1) is 14.5. The summed E-state index contributed by atoms with van der Waals surface area (Å²) < 4.78 is 0. The predicted molar refractivity (Wildman–Crippen MR) is 114 cm³/mol. The third-order valence-electron chi connectivity index (χ3n) is 5.92. The van der Waals surface area contributed by atoms with Crippen LogP contribution in [0.1, 0.15) is 16.7 Å². The number of guanidine groups is 1. The Kier molecular flexibility index (Phi) is 4.13. The van der Waals surface area contributed by atoms with Crippen molar-refractivity contribution in [2.75, 3.05) is 14.1 Å². The molecule has 5 rings (SSSR count). The Hall–Kier alpha value is -3.61. The van der Waals surface area contributed by atoms with Crippen LogP contribution in [0.3, 0.4) is 0 Å². The van der Waals surface area contributed by atoms with Crippen molar-refractivity contribution in [2.24, 2.45) is 4.99 Å². The van der Waals surface area contributed by atoms with Crippen molar-refractivity contribution in [1.82, 2.24) is 19.6 Å². The number of fused-ring (bicyclic) bond motifs is 3. The lowest BCUT2D eigenvalue weighted by Gasteiger charge is -2.38. The van der Waals surface area contributed by atoms with Crippen molar-refractivity contribution in [3.8, 4) is 0 Å². The fraction of sp³-hybridized carbons (Fsp3) is 0.261. The Morgan fingerprint density at radius 2 is 1.77 bits per heavy atom. The molecule has 0 saturated carbocycles. The van der Waals surface area contributed by atoms with E-state index in [1.54, 1.807) is 7.05 Å². The molecule has 7 heteroatoms. The molecule has 0 radical (unpaired) electrons. The van der Waals surface area contributed by atoms with Gasteiger partial charge in [0.15, 0.2) is 12.2 Å². The van der Waals surface area contributed by atoms with E-state index < -0.39 is 12.2 Å². The molecular formula is C23H23N5O2. The zero-order valence-corrected chi connectivity index (χ0v) is 17.2. The molecule has 3 amide bonds. The third-order valence-corrected chi connectivity index (χ3v) is 5.92. The van der Waals surface area contributed by atoms with Gasteiger partial charge in [0.2, 0.25) is 5.96 Å². The van der Waals surface area contributed by atoms with Crippen molar-refractivity contribution in [1.29, 1.82) is 0 Å². The first-order valence-electron chi connectivity index (χ1n) is 9.96. The van der Waals surface area contributed by atoms with Crippen LogP contribution in [0.5, 0.6) is 0 Å². The zero-order valence-electron chi connectivity index (χ0n) is 17.2. The van der Waals surface area contributed by atoms with Crippen LogP contribution in [0.15, 0.2) is 65.8 Å². The average Bonchev–Trinajstić information content (AvgIpc) is 3.28. The van der Waals surface area contributed by atoms with Crippen LogP contribution in [-0.2, 0) is 11.3 Å². The summed E-state index contributed by atoms with van der Waals surface area (Å²) in [5.74, 6) is 0.469. The van der Waals surface area contributed by atoms with Gasteiger partial charge in [-0.1, -0.05) is 60.2 Å². The molecule has 2 aromatic carbocycles. The SMILES string of the molecule is Cc1cccc(CN2C(c3ccccc3)=CN3C2=NC2C3C(=O)N(C)C(=O)N2C)c1. The summed E-state index contributed by atoms with van der Waals surface area (Å²) >= 11 is 0. The molecule has 1 saturated heterocycles. The van der Waals surface area contributed by atoms with Gasteiger partial charge in [-0.25, -0.2) is 9.79 Å². The summed E-state index contributed by atoms with van der Waals surface area (Å²) in [6.07, 6.45) is 1.47. The second kappa shape index (κ2) is 6.73. The van der Waals surface area contributed by atoms with Crippen LogP contribution in [0.2, 0.25) is 0 Å². The first-order valence-corrected chi connectivity index (χ1v) is 9.96. The minimum absolute atomic E-state index is 0.233. The van der Waals surface area contributed by atoms with Crippen LogP contribution >= 0.6 is 0 Å². The van der Waals surface area contributed by atoms with Crippen molar-refractivity contribution >= 4 is 23.6 Å². The molecule has 0 aliphatic carbocycles. The number of carbonyl (C=O) groups is 2. The highest BCUT2D eigenvalue weighted by molar-refractivity contribution is 6.06. The Balaban J connectivity index is 1.58. The molecule has 0 aromatic heterocycles. The van der Waals surface area contributed by atoms with Gasteiger partial charge < -0.3 is 14.7 Å². The zero-order chi connectivity index (χ0) is 21.0. The fourth-order valence-corrected chi connectivity index (χ4v) is 4.36.